The maximum Gasteiger partial charge on any atom is 0.338 e. The van der Waals surface area contributed by atoms with Gasteiger partial charge in [-0.05, 0) is 29.9 Å². The fraction of sp³-hybridized carbons (Fsp3) is 0.647. The lowest BCUT2D eigenvalue weighted by molar-refractivity contribution is -0.140. The Kier molecular flexibility index (Phi) is 3.05. The van der Waals surface area contributed by atoms with Crippen molar-refractivity contribution in [3.8, 4) is 0 Å². The van der Waals surface area contributed by atoms with Gasteiger partial charge in [0.15, 0.2) is 0 Å². The van der Waals surface area contributed by atoms with E-state index in [0.29, 0.717) is 17.9 Å². The van der Waals surface area contributed by atoms with Gasteiger partial charge in [-0.15, -0.1) is 0 Å². The molecule has 3 rings (SSSR count). The number of esters is 2. The lowest BCUT2D eigenvalue weighted by Gasteiger charge is -2.53. The number of hydrogen-bond donors (Lipinski definition) is 0. The van der Waals surface area contributed by atoms with Gasteiger partial charge in [0.1, 0.15) is 12.4 Å². The predicted molar refractivity (Wildman–Crippen MR) is 77.1 cm³/mol. The molecule has 3 aliphatic rings. The number of fused-ring (bicyclic) bond motifs is 2. The van der Waals surface area contributed by atoms with Crippen molar-refractivity contribution in [3.05, 3.63) is 23.0 Å². The average Bonchev–Trinajstić information content (AvgIpc) is 2.69. The highest BCUT2D eigenvalue weighted by Crippen LogP contribution is 2.60. The van der Waals surface area contributed by atoms with E-state index >= 15 is 0 Å². The van der Waals surface area contributed by atoms with E-state index < -0.39 is 0 Å². The number of allylic oxidation sites excluding steroid dienone is 1. The third kappa shape index (κ3) is 2.03. The second-order valence-corrected chi connectivity index (χ2v) is 7.30. The first-order valence-corrected chi connectivity index (χ1v) is 7.56. The highest BCUT2D eigenvalue weighted by atomic mass is 16.5. The third-order valence-electron chi connectivity index (χ3n) is 5.35. The number of rotatable bonds is 1. The maximum absolute atomic E-state index is 12.0. The lowest BCUT2D eigenvalue weighted by atomic mass is 9.51. The highest BCUT2D eigenvalue weighted by molar-refractivity contribution is 5.96. The summed E-state index contributed by atoms with van der Waals surface area (Å²) >= 11 is 0. The molecular formula is C17H22O4. The molecule has 0 aromatic rings. The van der Waals surface area contributed by atoms with Gasteiger partial charge in [-0.2, -0.15) is 0 Å². The van der Waals surface area contributed by atoms with Crippen molar-refractivity contribution in [2.45, 2.75) is 47.0 Å². The molecule has 0 bridgehead atoms. The Morgan fingerprint density at radius 3 is 2.71 bits per heavy atom. The van der Waals surface area contributed by atoms with Crippen LogP contribution in [-0.2, 0) is 19.1 Å². The molecule has 1 saturated carbocycles. The van der Waals surface area contributed by atoms with Gasteiger partial charge in [-0.3, -0.25) is 4.79 Å². The zero-order chi connectivity index (χ0) is 15.4. The Hall–Kier alpha value is -1.58. The van der Waals surface area contributed by atoms with Gasteiger partial charge < -0.3 is 9.47 Å². The van der Waals surface area contributed by atoms with Gasteiger partial charge in [0.2, 0.25) is 0 Å². The quantitative estimate of drug-likeness (QED) is 0.696. The van der Waals surface area contributed by atoms with Gasteiger partial charge in [-0.25, -0.2) is 4.79 Å². The van der Waals surface area contributed by atoms with Crippen LogP contribution in [0, 0.1) is 16.7 Å². The minimum absolute atomic E-state index is 0.0262. The molecule has 0 aromatic carbocycles. The number of carbonyl (C=O) groups is 2. The van der Waals surface area contributed by atoms with Crippen LogP contribution < -0.4 is 0 Å². The molecule has 114 valence electrons. The number of cyclic esters (lactones) is 1. The molecule has 21 heavy (non-hydrogen) atoms. The first-order chi connectivity index (χ1) is 9.75. The second-order valence-electron chi connectivity index (χ2n) is 7.30. The minimum atomic E-state index is -0.333. The molecule has 4 heteroatoms. The van der Waals surface area contributed by atoms with Crippen LogP contribution in [0.3, 0.4) is 0 Å². The van der Waals surface area contributed by atoms with E-state index in [1.165, 1.54) is 6.92 Å². The zero-order valence-corrected chi connectivity index (χ0v) is 13.1. The van der Waals surface area contributed by atoms with Gasteiger partial charge >= 0.3 is 11.9 Å². The van der Waals surface area contributed by atoms with E-state index in [-0.39, 0.29) is 28.7 Å². The van der Waals surface area contributed by atoms with Crippen LogP contribution >= 0.6 is 0 Å². The Labute approximate surface area is 125 Å². The maximum atomic E-state index is 12.0. The molecule has 2 aliphatic carbocycles. The van der Waals surface area contributed by atoms with Crippen LogP contribution in [0.5, 0.6) is 0 Å². The van der Waals surface area contributed by atoms with Crippen molar-refractivity contribution in [2.24, 2.45) is 16.7 Å². The summed E-state index contributed by atoms with van der Waals surface area (Å²) < 4.78 is 10.7. The summed E-state index contributed by atoms with van der Waals surface area (Å²) in [5.41, 5.74) is 1.55. The number of carbonyl (C=O) groups excluding carboxylic acids is 2. The Morgan fingerprint density at radius 1 is 1.33 bits per heavy atom. The summed E-state index contributed by atoms with van der Waals surface area (Å²) in [6.07, 6.45) is 4.93. The molecule has 0 N–H and O–H groups in total. The monoisotopic (exact) mass is 290 g/mol. The topological polar surface area (TPSA) is 52.6 Å². The standard InChI is InChI=1S/C17H22O4/c1-10(18)21-13-8-11-12(9-20-15(11)19)17(4)7-5-6-16(2,3)14(13)17/h8,14H,5-7,9H2,1-4H3. The Bertz CT molecular complexity index is 582. The minimum Gasteiger partial charge on any atom is -0.458 e. The highest BCUT2D eigenvalue weighted by Gasteiger charge is 2.55. The van der Waals surface area contributed by atoms with Crippen molar-refractivity contribution < 1.29 is 19.1 Å². The van der Waals surface area contributed by atoms with Crippen LogP contribution in [0.15, 0.2) is 23.0 Å². The molecule has 1 heterocycles. The molecule has 1 fully saturated rings. The Balaban J connectivity index is 2.15. The van der Waals surface area contributed by atoms with Crippen LogP contribution in [-0.4, -0.2) is 18.5 Å². The lowest BCUT2D eigenvalue weighted by Crippen LogP contribution is -2.47. The van der Waals surface area contributed by atoms with Gasteiger partial charge in [0.05, 0.1) is 5.57 Å². The van der Waals surface area contributed by atoms with Crippen molar-refractivity contribution in [1.82, 2.24) is 0 Å². The summed E-state index contributed by atoms with van der Waals surface area (Å²) in [6, 6.07) is 0. The summed E-state index contributed by atoms with van der Waals surface area (Å²) in [7, 11) is 0. The second kappa shape index (κ2) is 4.46. The molecule has 1 aliphatic heterocycles. The first-order valence-electron chi connectivity index (χ1n) is 7.56. The molecule has 4 nitrogen and oxygen atoms in total. The van der Waals surface area contributed by atoms with Gasteiger partial charge in [0, 0.05) is 18.3 Å². The molecule has 0 aromatic heterocycles. The average molecular weight is 290 g/mol. The van der Waals surface area contributed by atoms with Crippen molar-refractivity contribution in [3.63, 3.8) is 0 Å². The molecule has 0 radical (unpaired) electrons. The first kappa shape index (κ1) is 14.4. The summed E-state index contributed by atoms with van der Waals surface area (Å²) in [5, 5.41) is 0. The number of hydrogen-bond acceptors (Lipinski definition) is 4. The van der Waals surface area contributed by atoms with E-state index in [9.17, 15) is 9.59 Å². The molecule has 0 amide bonds. The molecule has 2 atom stereocenters. The molecule has 0 saturated heterocycles. The molecule has 2 unspecified atom stereocenters. The van der Waals surface area contributed by atoms with Crippen molar-refractivity contribution in [1.29, 1.82) is 0 Å². The van der Waals surface area contributed by atoms with Crippen LogP contribution in [0.4, 0.5) is 0 Å². The fourth-order valence-corrected chi connectivity index (χ4v) is 4.60. The van der Waals surface area contributed by atoms with Gasteiger partial charge in [-0.1, -0.05) is 27.2 Å². The fourth-order valence-electron chi connectivity index (χ4n) is 4.60. The summed E-state index contributed by atoms with van der Waals surface area (Å²) in [4.78, 5) is 23.4. The SMILES string of the molecule is CC(=O)OC1=CC2=C(COC2=O)C2(C)CCCC(C)(C)C12. The predicted octanol–water partition coefficient (Wildman–Crippen LogP) is 3.13. The third-order valence-corrected chi connectivity index (χ3v) is 5.35. The van der Waals surface area contributed by atoms with E-state index in [1.807, 2.05) is 0 Å². The Morgan fingerprint density at radius 2 is 2.05 bits per heavy atom. The van der Waals surface area contributed by atoms with E-state index in [4.69, 9.17) is 9.47 Å². The summed E-state index contributed by atoms with van der Waals surface area (Å²) in [6.45, 7) is 8.41. The molecule has 0 spiro atoms. The van der Waals surface area contributed by atoms with Gasteiger partial charge in [0.25, 0.3) is 0 Å². The van der Waals surface area contributed by atoms with E-state index in [1.54, 1.807) is 6.08 Å². The largest absolute Gasteiger partial charge is 0.458 e. The summed E-state index contributed by atoms with van der Waals surface area (Å²) in [5.74, 6) is 0.112. The zero-order valence-electron chi connectivity index (χ0n) is 13.1. The van der Waals surface area contributed by atoms with Crippen LogP contribution in [0.1, 0.15) is 47.0 Å². The molecular weight excluding hydrogens is 268 g/mol. The van der Waals surface area contributed by atoms with Crippen molar-refractivity contribution in [2.75, 3.05) is 6.61 Å². The number of ether oxygens (including phenoxy) is 2. The van der Waals surface area contributed by atoms with Crippen LogP contribution in [0.2, 0.25) is 0 Å². The van der Waals surface area contributed by atoms with Crippen LogP contribution in [0.25, 0.3) is 0 Å². The smallest absolute Gasteiger partial charge is 0.338 e. The van der Waals surface area contributed by atoms with Crippen molar-refractivity contribution >= 4 is 11.9 Å². The normalized spacial score (nSPS) is 33.8. The van der Waals surface area contributed by atoms with E-state index in [2.05, 4.69) is 20.8 Å². The van der Waals surface area contributed by atoms with E-state index in [0.717, 1.165) is 24.8 Å².